The first-order valence-electron chi connectivity index (χ1n) is 7.91. The van der Waals surface area contributed by atoms with Crippen LogP contribution in [0, 0.1) is 5.92 Å². The van der Waals surface area contributed by atoms with Gasteiger partial charge in [0, 0.05) is 12.1 Å². The molecule has 0 aromatic heterocycles. The molecule has 22 heavy (non-hydrogen) atoms. The van der Waals surface area contributed by atoms with Crippen molar-refractivity contribution < 1.29 is 19.2 Å². The van der Waals surface area contributed by atoms with Crippen LogP contribution >= 0.6 is 0 Å². The molecule has 0 radical (unpaired) electrons. The van der Waals surface area contributed by atoms with Crippen LogP contribution in [0.25, 0.3) is 0 Å². The number of ether oxygens (including phenoxy) is 1. The quantitative estimate of drug-likeness (QED) is 0.630. The van der Waals surface area contributed by atoms with E-state index in [1.165, 1.54) is 0 Å². The molecule has 2 saturated heterocycles. The highest BCUT2D eigenvalue weighted by molar-refractivity contribution is 6.02. The minimum atomic E-state index is -0.774. The number of esters is 1. The Labute approximate surface area is 130 Å². The van der Waals surface area contributed by atoms with Crippen molar-refractivity contribution in [2.75, 3.05) is 13.2 Å². The Hall–Kier alpha value is -1.72. The van der Waals surface area contributed by atoms with Crippen LogP contribution in [-0.4, -0.2) is 42.1 Å². The third-order valence-electron chi connectivity index (χ3n) is 4.36. The van der Waals surface area contributed by atoms with Gasteiger partial charge >= 0.3 is 5.97 Å². The van der Waals surface area contributed by atoms with Crippen LogP contribution < -0.4 is 0 Å². The van der Waals surface area contributed by atoms with E-state index in [2.05, 4.69) is 0 Å². The molecular weight excluding hydrogens is 282 g/mol. The lowest BCUT2D eigenvalue weighted by Gasteiger charge is -2.28. The Morgan fingerprint density at radius 1 is 1.27 bits per heavy atom. The van der Waals surface area contributed by atoms with Crippen LogP contribution in [0.1, 0.15) is 36.5 Å². The Morgan fingerprint density at radius 2 is 2.05 bits per heavy atom. The molecule has 5 heteroatoms. The zero-order chi connectivity index (χ0) is 15.5. The molecular formula is C17H21NO4. The van der Waals surface area contributed by atoms with Crippen LogP contribution in [0.4, 0.5) is 0 Å². The number of ketones is 1. The number of hydrogen-bond acceptors (Lipinski definition) is 5. The minimum Gasteiger partial charge on any atom is -0.466 e. The summed E-state index contributed by atoms with van der Waals surface area (Å²) in [6, 6.07) is 8.95. The third-order valence-corrected chi connectivity index (χ3v) is 4.36. The van der Waals surface area contributed by atoms with Crippen LogP contribution in [-0.2, 0) is 14.4 Å². The fourth-order valence-electron chi connectivity index (χ4n) is 3.33. The number of Topliss-reactive ketones (excluding diaryl/α,β-unsaturated/α-hetero) is 1. The van der Waals surface area contributed by atoms with Crippen molar-refractivity contribution in [1.29, 1.82) is 0 Å². The van der Waals surface area contributed by atoms with Crippen molar-refractivity contribution in [3.8, 4) is 0 Å². The molecule has 0 saturated carbocycles. The molecule has 0 amide bonds. The lowest BCUT2D eigenvalue weighted by atomic mass is 9.86. The summed E-state index contributed by atoms with van der Waals surface area (Å²) in [7, 11) is 0. The van der Waals surface area contributed by atoms with Gasteiger partial charge in [0.15, 0.2) is 11.9 Å². The molecule has 118 valence electrons. The van der Waals surface area contributed by atoms with E-state index in [1.54, 1.807) is 19.1 Å². The Kier molecular flexibility index (Phi) is 4.55. The number of rotatable bonds is 4. The molecule has 2 aliphatic heterocycles. The molecule has 0 bridgehead atoms. The van der Waals surface area contributed by atoms with Crippen molar-refractivity contribution in [3.05, 3.63) is 35.9 Å². The second kappa shape index (κ2) is 6.58. The normalized spacial score (nSPS) is 28.1. The number of hydroxylamine groups is 2. The van der Waals surface area contributed by atoms with Crippen LogP contribution in [0.2, 0.25) is 0 Å². The van der Waals surface area contributed by atoms with E-state index >= 15 is 0 Å². The highest BCUT2D eigenvalue weighted by atomic mass is 16.7. The second-order valence-corrected chi connectivity index (χ2v) is 5.74. The average molecular weight is 303 g/mol. The fourth-order valence-corrected chi connectivity index (χ4v) is 3.33. The van der Waals surface area contributed by atoms with Gasteiger partial charge in [0.05, 0.1) is 12.6 Å². The predicted molar refractivity (Wildman–Crippen MR) is 80.1 cm³/mol. The van der Waals surface area contributed by atoms with Gasteiger partial charge in [-0.1, -0.05) is 36.8 Å². The van der Waals surface area contributed by atoms with Gasteiger partial charge in [-0.05, 0) is 19.8 Å². The predicted octanol–water partition coefficient (Wildman–Crippen LogP) is 2.22. The van der Waals surface area contributed by atoms with Crippen molar-refractivity contribution in [2.24, 2.45) is 5.92 Å². The molecule has 5 nitrogen and oxygen atoms in total. The van der Waals surface area contributed by atoms with E-state index in [-0.39, 0.29) is 17.8 Å². The van der Waals surface area contributed by atoms with Crippen LogP contribution in [0.5, 0.6) is 0 Å². The monoisotopic (exact) mass is 303 g/mol. The Bertz CT molecular complexity index is 545. The SMILES string of the molecule is CCOC(=O)[C@@H]1[C@@H](C(=O)c2ccccc2)ON2CCCC[C@H]12. The summed E-state index contributed by atoms with van der Waals surface area (Å²) in [5, 5.41) is 1.82. The number of fused-ring (bicyclic) bond motifs is 1. The third kappa shape index (κ3) is 2.78. The standard InChI is InChI=1S/C17H21NO4/c1-2-21-17(20)14-13-10-6-7-11-18(13)22-16(14)15(19)12-8-4-3-5-9-12/h3-5,8-9,13-14,16H,2,6-7,10-11H2,1H3/t13-,14+,16+/m1/s1. The molecule has 1 aromatic rings. The Balaban J connectivity index is 1.87. The van der Waals surface area contributed by atoms with Gasteiger partial charge in [-0.15, -0.1) is 0 Å². The van der Waals surface area contributed by atoms with Gasteiger partial charge in [0.2, 0.25) is 0 Å². The first-order chi connectivity index (χ1) is 10.7. The van der Waals surface area contributed by atoms with E-state index in [0.717, 1.165) is 25.8 Å². The number of hydrogen-bond donors (Lipinski definition) is 0. The maximum absolute atomic E-state index is 12.7. The van der Waals surface area contributed by atoms with Crippen LogP contribution in [0.3, 0.4) is 0 Å². The van der Waals surface area contributed by atoms with Gasteiger partial charge in [0.25, 0.3) is 0 Å². The number of nitrogens with zero attached hydrogens (tertiary/aromatic N) is 1. The summed E-state index contributed by atoms with van der Waals surface area (Å²) < 4.78 is 5.19. The number of carbonyl (C=O) groups excluding carboxylic acids is 2. The summed E-state index contributed by atoms with van der Waals surface area (Å²) in [6.07, 6.45) is 2.16. The molecule has 3 atom stereocenters. The molecule has 0 unspecified atom stereocenters. The van der Waals surface area contributed by atoms with Gasteiger partial charge in [-0.25, -0.2) is 0 Å². The summed E-state index contributed by atoms with van der Waals surface area (Å²) in [4.78, 5) is 31.0. The van der Waals surface area contributed by atoms with Gasteiger partial charge in [-0.3, -0.25) is 14.4 Å². The largest absolute Gasteiger partial charge is 0.466 e. The maximum Gasteiger partial charge on any atom is 0.313 e. The second-order valence-electron chi connectivity index (χ2n) is 5.74. The Morgan fingerprint density at radius 3 is 2.77 bits per heavy atom. The van der Waals surface area contributed by atoms with Gasteiger partial charge in [-0.2, -0.15) is 5.06 Å². The molecule has 0 spiro atoms. The highest BCUT2D eigenvalue weighted by Gasteiger charge is 2.51. The lowest BCUT2D eigenvalue weighted by molar-refractivity contribution is -0.160. The van der Waals surface area contributed by atoms with E-state index < -0.39 is 12.0 Å². The smallest absolute Gasteiger partial charge is 0.313 e. The topological polar surface area (TPSA) is 55.8 Å². The molecule has 0 aliphatic carbocycles. The summed E-state index contributed by atoms with van der Waals surface area (Å²) >= 11 is 0. The van der Waals surface area contributed by atoms with Gasteiger partial charge < -0.3 is 4.74 Å². The molecule has 2 fully saturated rings. The van der Waals surface area contributed by atoms with Crippen molar-refractivity contribution in [2.45, 2.75) is 38.3 Å². The number of benzene rings is 1. The van der Waals surface area contributed by atoms with Crippen LogP contribution in [0.15, 0.2) is 30.3 Å². The zero-order valence-corrected chi connectivity index (χ0v) is 12.7. The van der Waals surface area contributed by atoms with Gasteiger partial charge in [0.1, 0.15) is 5.92 Å². The number of carbonyl (C=O) groups is 2. The number of piperidine rings is 1. The van der Waals surface area contributed by atoms with Crippen molar-refractivity contribution in [3.63, 3.8) is 0 Å². The zero-order valence-electron chi connectivity index (χ0n) is 12.7. The van der Waals surface area contributed by atoms with E-state index in [0.29, 0.717) is 12.2 Å². The summed E-state index contributed by atoms with van der Waals surface area (Å²) in [5.74, 6) is -1.01. The van der Waals surface area contributed by atoms with E-state index in [1.807, 2.05) is 23.3 Å². The maximum atomic E-state index is 12.7. The summed E-state index contributed by atoms with van der Waals surface area (Å²) in [6.45, 7) is 2.85. The minimum absolute atomic E-state index is 0.0505. The fraction of sp³-hybridized carbons (Fsp3) is 0.529. The van der Waals surface area contributed by atoms with E-state index in [9.17, 15) is 9.59 Å². The molecule has 0 N–H and O–H groups in total. The molecule has 1 aromatic carbocycles. The first-order valence-corrected chi connectivity index (χ1v) is 7.91. The highest BCUT2D eigenvalue weighted by Crippen LogP contribution is 2.36. The molecule has 3 rings (SSSR count). The summed E-state index contributed by atoms with van der Waals surface area (Å²) in [5.41, 5.74) is 0.571. The first kappa shape index (κ1) is 15.2. The van der Waals surface area contributed by atoms with E-state index in [4.69, 9.17) is 9.57 Å². The molecule has 2 heterocycles. The molecule has 2 aliphatic rings. The van der Waals surface area contributed by atoms with Crippen molar-refractivity contribution in [1.82, 2.24) is 5.06 Å². The van der Waals surface area contributed by atoms with Crippen molar-refractivity contribution >= 4 is 11.8 Å². The average Bonchev–Trinajstić information content (AvgIpc) is 2.94. The lowest BCUT2D eigenvalue weighted by Crippen LogP contribution is -2.41.